The average Bonchev–Trinajstić information content (AvgIpc) is 2.74. The number of hydrogen-bond acceptors (Lipinski definition) is 4. The van der Waals surface area contributed by atoms with Gasteiger partial charge in [0.2, 0.25) is 0 Å². The second kappa shape index (κ2) is 5.35. The minimum Gasteiger partial charge on any atom is -0.469 e. The molecule has 0 aromatic rings. The summed E-state index contributed by atoms with van der Waals surface area (Å²) < 4.78 is 17.1. The molecule has 1 aliphatic heterocycles. The second-order valence-corrected chi connectivity index (χ2v) is 8.62. The van der Waals surface area contributed by atoms with Crippen LogP contribution >= 0.6 is 0 Å². The average molecular weight is 320 g/mol. The summed E-state index contributed by atoms with van der Waals surface area (Å²) in [6.07, 6.45) is 8.28. The first-order chi connectivity index (χ1) is 10.6. The van der Waals surface area contributed by atoms with E-state index < -0.39 is 0 Å². The normalized spacial score (nSPS) is 38.2. The van der Waals surface area contributed by atoms with Crippen molar-refractivity contribution in [3.05, 3.63) is 12.1 Å². The molecule has 3 saturated carbocycles. The maximum atomic E-state index is 12.1. The van der Waals surface area contributed by atoms with E-state index in [9.17, 15) is 4.79 Å². The fourth-order valence-electron chi connectivity index (χ4n) is 4.24. The van der Waals surface area contributed by atoms with Crippen molar-refractivity contribution in [3.8, 4) is 0 Å². The molecule has 0 amide bonds. The van der Waals surface area contributed by atoms with Crippen LogP contribution in [-0.2, 0) is 18.8 Å². The number of hydrogen-bond donors (Lipinski definition) is 0. The maximum Gasteiger partial charge on any atom is 0.486 e. The third-order valence-electron chi connectivity index (χ3n) is 6.80. The van der Waals surface area contributed by atoms with Gasteiger partial charge in [-0.3, -0.25) is 4.79 Å². The third-order valence-corrected chi connectivity index (χ3v) is 6.80. The van der Waals surface area contributed by atoms with Gasteiger partial charge in [0, 0.05) is 0 Å². The molecule has 5 heteroatoms. The van der Waals surface area contributed by atoms with Gasteiger partial charge >= 0.3 is 13.1 Å². The minimum atomic E-state index is -0.293. The molecule has 4 nitrogen and oxygen atoms in total. The van der Waals surface area contributed by atoms with Crippen LogP contribution in [0.4, 0.5) is 0 Å². The van der Waals surface area contributed by atoms with E-state index in [0.29, 0.717) is 0 Å². The Hall–Kier alpha value is -0.805. The van der Waals surface area contributed by atoms with Crippen LogP contribution in [0, 0.1) is 10.8 Å². The lowest BCUT2D eigenvalue weighted by Gasteiger charge is -2.50. The lowest BCUT2D eigenvalue weighted by Crippen LogP contribution is -2.45. The predicted octanol–water partition coefficient (Wildman–Crippen LogP) is 3.69. The highest BCUT2D eigenvalue weighted by atomic mass is 16.7. The van der Waals surface area contributed by atoms with E-state index in [-0.39, 0.29) is 35.1 Å². The lowest BCUT2D eigenvalue weighted by atomic mass is 9.53. The number of rotatable bonds is 3. The zero-order valence-corrected chi connectivity index (χ0v) is 15.1. The Bertz CT molecular complexity index is 483. The Morgan fingerprint density at radius 1 is 0.957 bits per heavy atom. The number of allylic oxidation sites excluding steroid dienone is 1. The van der Waals surface area contributed by atoms with Gasteiger partial charge in [-0.2, -0.15) is 0 Å². The summed E-state index contributed by atoms with van der Waals surface area (Å²) >= 11 is 0. The zero-order chi connectivity index (χ0) is 16.9. The van der Waals surface area contributed by atoms with Crippen LogP contribution < -0.4 is 0 Å². The van der Waals surface area contributed by atoms with Gasteiger partial charge in [0.15, 0.2) is 0 Å². The van der Waals surface area contributed by atoms with E-state index in [2.05, 4.69) is 39.7 Å². The molecule has 4 rings (SSSR count). The fraction of sp³-hybridized carbons (Fsp3) is 0.833. The van der Waals surface area contributed by atoms with Crippen LogP contribution in [0.2, 0.25) is 0 Å². The van der Waals surface area contributed by atoms with Gasteiger partial charge in [0.05, 0.1) is 23.7 Å². The molecule has 4 aliphatic rings. The molecule has 3 aliphatic carbocycles. The molecule has 4 fully saturated rings. The molecule has 0 N–H and O–H groups in total. The summed E-state index contributed by atoms with van der Waals surface area (Å²) in [4.78, 5) is 12.1. The van der Waals surface area contributed by atoms with Crippen molar-refractivity contribution < 1.29 is 18.8 Å². The lowest BCUT2D eigenvalue weighted by molar-refractivity contribution is -0.161. The molecule has 1 heterocycles. The molecule has 2 bridgehead atoms. The van der Waals surface area contributed by atoms with Crippen LogP contribution in [0.3, 0.4) is 0 Å². The van der Waals surface area contributed by atoms with Gasteiger partial charge in [0.1, 0.15) is 0 Å². The Labute approximate surface area is 140 Å². The van der Waals surface area contributed by atoms with E-state index in [1.807, 2.05) is 0 Å². The minimum absolute atomic E-state index is 0.0132. The van der Waals surface area contributed by atoms with Crippen molar-refractivity contribution in [3.63, 3.8) is 0 Å². The SMILES string of the molecule is COC(=O)C12CCC(/C=C/B3OC(C)(C)C(C)(C)O3)(CC1)CC2. The van der Waals surface area contributed by atoms with E-state index in [1.54, 1.807) is 0 Å². The van der Waals surface area contributed by atoms with Crippen molar-refractivity contribution >= 4 is 13.1 Å². The molecule has 1 saturated heterocycles. The van der Waals surface area contributed by atoms with Crippen LogP contribution in [0.5, 0.6) is 0 Å². The molecule has 23 heavy (non-hydrogen) atoms. The van der Waals surface area contributed by atoms with Gasteiger partial charge in [-0.05, 0) is 71.6 Å². The van der Waals surface area contributed by atoms with E-state index in [1.165, 1.54) is 7.11 Å². The van der Waals surface area contributed by atoms with Crippen molar-refractivity contribution in [2.24, 2.45) is 10.8 Å². The molecular formula is C18H29BO4. The summed E-state index contributed by atoms with van der Waals surface area (Å²) in [5.74, 6) is 2.08. The number of esters is 1. The first-order valence-corrected chi connectivity index (χ1v) is 8.77. The van der Waals surface area contributed by atoms with Gasteiger partial charge in [-0.1, -0.05) is 12.1 Å². The van der Waals surface area contributed by atoms with Gasteiger partial charge in [0.25, 0.3) is 0 Å². The van der Waals surface area contributed by atoms with Gasteiger partial charge in [-0.15, -0.1) is 0 Å². The number of fused-ring (bicyclic) bond motifs is 3. The van der Waals surface area contributed by atoms with Gasteiger partial charge < -0.3 is 14.0 Å². The Balaban J connectivity index is 1.66. The maximum absolute atomic E-state index is 12.1. The highest BCUT2D eigenvalue weighted by molar-refractivity contribution is 6.51. The fourth-order valence-corrected chi connectivity index (χ4v) is 4.24. The highest BCUT2D eigenvalue weighted by Gasteiger charge is 2.53. The topological polar surface area (TPSA) is 44.8 Å². The van der Waals surface area contributed by atoms with E-state index in [0.717, 1.165) is 38.5 Å². The summed E-state index contributed by atoms with van der Waals surface area (Å²) in [7, 11) is 1.23. The Kier molecular flexibility index (Phi) is 3.96. The Morgan fingerprint density at radius 3 is 1.87 bits per heavy atom. The van der Waals surface area contributed by atoms with Crippen molar-refractivity contribution in [1.29, 1.82) is 0 Å². The van der Waals surface area contributed by atoms with Crippen molar-refractivity contribution in [2.45, 2.75) is 77.4 Å². The van der Waals surface area contributed by atoms with Crippen molar-refractivity contribution in [2.75, 3.05) is 7.11 Å². The molecule has 0 unspecified atom stereocenters. The first-order valence-electron chi connectivity index (χ1n) is 8.77. The van der Waals surface area contributed by atoms with Crippen LogP contribution in [0.15, 0.2) is 12.1 Å². The van der Waals surface area contributed by atoms with Crippen LogP contribution in [0.1, 0.15) is 66.2 Å². The summed E-state index contributed by atoms with van der Waals surface area (Å²) in [6, 6.07) is 0. The number of carbonyl (C=O) groups excluding carboxylic acids is 1. The summed E-state index contributed by atoms with van der Waals surface area (Å²) in [6.45, 7) is 8.30. The molecule has 0 aromatic carbocycles. The smallest absolute Gasteiger partial charge is 0.469 e. The predicted molar refractivity (Wildman–Crippen MR) is 89.8 cm³/mol. The molecule has 128 valence electrons. The van der Waals surface area contributed by atoms with Crippen LogP contribution in [-0.4, -0.2) is 31.4 Å². The second-order valence-electron chi connectivity index (χ2n) is 8.62. The number of methoxy groups -OCH3 is 1. The quantitative estimate of drug-likeness (QED) is 0.588. The highest BCUT2D eigenvalue weighted by Crippen LogP contribution is 2.58. The molecule has 0 atom stereocenters. The number of ether oxygens (including phenoxy) is 1. The van der Waals surface area contributed by atoms with Gasteiger partial charge in [-0.25, -0.2) is 0 Å². The molecule has 0 spiro atoms. The van der Waals surface area contributed by atoms with Crippen LogP contribution in [0.25, 0.3) is 0 Å². The molecule has 0 radical (unpaired) electrons. The largest absolute Gasteiger partial charge is 0.486 e. The number of carbonyl (C=O) groups is 1. The van der Waals surface area contributed by atoms with E-state index >= 15 is 0 Å². The van der Waals surface area contributed by atoms with E-state index in [4.69, 9.17) is 14.0 Å². The standard InChI is InChI=1S/C18H29BO4/c1-15(2)16(3,4)23-19(22-15)13-12-17-6-9-18(10-7-17,11-8-17)14(20)21-5/h12-13H,6-11H2,1-5H3/b13-12+. The van der Waals surface area contributed by atoms with Crippen molar-refractivity contribution in [1.82, 2.24) is 0 Å². The third kappa shape index (κ3) is 2.76. The summed E-state index contributed by atoms with van der Waals surface area (Å²) in [5, 5.41) is 0. The monoisotopic (exact) mass is 320 g/mol. The molecular weight excluding hydrogens is 291 g/mol. The Morgan fingerprint density at radius 2 is 1.43 bits per heavy atom. The molecule has 0 aromatic heterocycles. The first kappa shape index (κ1) is 17.0. The zero-order valence-electron chi connectivity index (χ0n) is 15.1. The summed E-state index contributed by atoms with van der Waals surface area (Å²) in [5.41, 5.74) is -0.592.